The number of rotatable bonds is 2. The number of carbonyl (C=O) groups is 1. The molecule has 1 aliphatic heterocycles. The molecule has 1 aromatic rings. The second-order valence-electron chi connectivity index (χ2n) is 5.68. The van der Waals surface area contributed by atoms with Crippen LogP contribution in [0.3, 0.4) is 0 Å². The maximum absolute atomic E-state index is 11.9. The van der Waals surface area contributed by atoms with E-state index in [0.717, 1.165) is 0 Å². The van der Waals surface area contributed by atoms with Crippen LogP contribution in [0, 0.1) is 15.5 Å². The van der Waals surface area contributed by atoms with E-state index in [2.05, 4.69) is 20.5 Å². The highest BCUT2D eigenvalue weighted by molar-refractivity contribution is 6.02. The number of benzene rings is 1. The maximum Gasteiger partial charge on any atom is 0.269 e. The molecule has 1 heterocycles. The third-order valence-electron chi connectivity index (χ3n) is 2.87. The quantitative estimate of drug-likeness (QED) is 0.667. The SMILES string of the molecule is CC(C)(C)C1N=NC(=Nc2ccc([N+](=O)[O-])cc2)NC1=O. The molecule has 0 aliphatic carbocycles. The van der Waals surface area contributed by atoms with E-state index >= 15 is 0 Å². The highest BCUT2D eigenvalue weighted by Crippen LogP contribution is 2.25. The molecule has 1 aromatic carbocycles. The van der Waals surface area contributed by atoms with Gasteiger partial charge in [-0.3, -0.25) is 20.2 Å². The molecule has 0 saturated heterocycles. The van der Waals surface area contributed by atoms with Crippen LogP contribution in [0.1, 0.15) is 20.8 Å². The van der Waals surface area contributed by atoms with E-state index in [1.807, 2.05) is 20.8 Å². The number of hydrogen-bond acceptors (Lipinski definition) is 5. The number of aliphatic imine (C=N–C) groups is 1. The molecule has 1 unspecified atom stereocenters. The van der Waals surface area contributed by atoms with Gasteiger partial charge in [0.25, 0.3) is 11.6 Å². The number of nitro benzene ring substituents is 1. The summed E-state index contributed by atoms with van der Waals surface area (Å²) in [5.74, 6) is -0.187. The molecule has 1 aliphatic rings. The van der Waals surface area contributed by atoms with Gasteiger partial charge < -0.3 is 0 Å². The predicted molar refractivity (Wildman–Crippen MR) is 76.4 cm³/mol. The molecule has 110 valence electrons. The largest absolute Gasteiger partial charge is 0.291 e. The van der Waals surface area contributed by atoms with Crippen molar-refractivity contribution in [1.82, 2.24) is 5.32 Å². The number of nitrogens with one attached hydrogen (secondary N) is 1. The number of nitro groups is 1. The van der Waals surface area contributed by atoms with Crippen LogP contribution in [-0.2, 0) is 4.79 Å². The van der Waals surface area contributed by atoms with Crippen LogP contribution < -0.4 is 5.32 Å². The van der Waals surface area contributed by atoms with Gasteiger partial charge in [0.2, 0.25) is 5.96 Å². The zero-order chi connectivity index (χ0) is 15.6. The fraction of sp³-hybridized carbons (Fsp3) is 0.385. The van der Waals surface area contributed by atoms with Crippen LogP contribution >= 0.6 is 0 Å². The van der Waals surface area contributed by atoms with Gasteiger partial charge in [-0.1, -0.05) is 20.8 Å². The fourth-order valence-corrected chi connectivity index (χ4v) is 1.76. The smallest absolute Gasteiger partial charge is 0.269 e. The molecule has 1 atom stereocenters. The minimum Gasteiger partial charge on any atom is -0.291 e. The van der Waals surface area contributed by atoms with Gasteiger partial charge in [-0.05, 0) is 17.5 Å². The van der Waals surface area contributed by atoms with Gasteiger partial charge in [0.1, 0.15) is 0 Å². The van der Waals surface area contributed by atoms with Gasteiger partial charge in [0.15, 0.2) is 6.04 Å². The lowest BCUT2D eigenvalue weighted by Gasteiger charge is -2.27. The third-order valence-corrected chi connectivity index (χ3v) is 2.87. The Morgan fingerprint density at radius 3 is 2.38 bits per heavy atom. The molecule has 0 spiro atoms. The molecule has 0 radical (unpaired) electrons. The summed E-state index contributed by atoms with van der Waals surface area (Å²) in [6.45, 7) is 5.69. The number of nitrogens with zero attached hydrogens (tertiary/aromatic N) is 4. The lowest BCUT2D eigenvalue weighted by molar-refractivity contribution is -0.384. The first-order valence-corrected chi connectivity index (χ1v) is 6.32. The fourth-order valence-electron chi connectivity index (χ4n) is 1.76. The highest BCUT2D eigenvalue weighted by atomic mass is 16.6. The summed E-state index contributed by atoms with van der Waals surface area (Å²) in [7, 11) is 0. The molecular weight excluding hydrogens is 274 g/mol. The van der Waals surface area contributed by atoms with E-state index < -0.39 is 11.0 Å². The molecule has 21 heavy (non-hydrogen) atoms. The van der Waals surface area contributed by atoms with Crippen LogP contribution in [-0.4, -0.2) is 22.8 Å². The van der Waals surface area contributed by atoms with Crippen molar-refractivity contribution >= 4 is 23.2 Å². The number of hydrogen-bond donors (Lipinski definition) is 1. The Kier molecular flexibility index (Phi) is 3.79. The number of azo groups is 1. The number of non-ortho nitro benzene ring substituents is 1. The Morgan fingerprint density at radius 1 is 1.29 bits per heavy atom. The van der Waals surface area contributed by atoms with Crippen molar-refractivity contribution in [2.24, 2.45) is 20.6 Å². The number of guanidine groups is 1. The number of amides is 1. The lowest BCUT2D eigenvalue weighted by atomic mass is 9.86. The van der Waals surface area contributed by atoms with Crippen LogP contribution in [0.2, 0.25) is 0 Å². The van der Waals surface area contributed by atoms with Crippen molar-refractivity contribution in [2.75, 3.05) is 0 Å². The van der Waals surface area contributed by atoms with E-state index in [-0.39, 0.29) is 23.0 Å². The Balaban J connectivity index is 2.20. The topological polar surface area (TPSA) is 109 Å². The molecule has 1 N–H and O–H groups in total. The van der Waals surface area contributed by atoms with Crippen LogP contribution in [0.15, 0.2) is 39.5 Å². The normalized spacial score (nSPS) is 20.4. The van der Waals surface area contributed by atoms with Gasteiger partial charge in [0.05, 0.1) is 10.6 Å². The first-order chi connectivity index (χ1) is 9.77. The molecule has 0 fully saturated rings. The van der Waals surface area contributed by atoms with E-state index in [0.29, 0.717) is 5.69 Å². The van der Waals surface area contributed by atoms with Crippen molar-refractivity contribution in [2.45, 2.75) is 26.8 Å². The summed E-state index contributed by atoms with van der Waals surface area (Å²) in [5.41, 5.74) is 0.0945. The molecule has 0 saturated carbocycles. The van der Waals surface area contributed by atoms with Gasteiger partial charge in [-0.15, -0.1) is 5.11 Å². The Hall–Kier alpha value is -2.64. The zero-order valence-corrected chi connectivity index (χ0v) is 11.9. The van der Waals surface area contributed by atoms with Crippen LogP contribution in [0.4, 0.5) is 11.4 Å². The monoisotopic (exact) mass is 289 g/mol. The summed E-state index contributed by atoms with van der Waals surface area (Å²) in [6, 6.07) is 5.05. The highest BCUT2D eigenvalue weighted by Gasteiger charge is 2.34. The zero-order valence-electron chi connectivity index (χ0n) is 11.9. The second kappa shape index (κ2) is 5.39. The summed E-state index contributed by atoms with van der Waals surface area (Å²) in [5, 5.41) is 21.0. The van der Waals surface area contributed by atoms with Crippen LogP contribution in [0.25, 0.3) is 0 Å². The first-order valence-electron chi connectivity index (χ1n) is 6.32. The van der Waals surface area contributed by atoms with E-state index in [9.17, 15) is 14.9 Å². The third kappa shape index (κ3) is 3.47. The average Bonchev–Trinajstić information content (AvgIpc) is 2.37. The molecular formula is C13H15N5O3. The summed E-state index contributed by atoms with van der Waals surface area (Å²) in [6.07, 6.45) is 0. The maximum atomic E-state index is 11.9. The molecule has 8 heteroatoms. The Bertz CT molecular complexity index is 628. The van der Waals surface area contributed by atoms with Gasteiger partial charge in [-0.25, -0.2) is 4.99 Å². The molecule has 1 amide bonds. The molecule has 0 aromatic heterocycles. The Morgan fingerprint density at radius 2 is 1.90 bits per heavy atom. The van der Waals surface area contributed by atoms with Crippen molar-refractivity contribution in [1.29, 1.82) is 0 Å². The lowest BCUT2D eigenvalue weighted by Crippen LogP contribution is -2.46. The van der Waals surface area contributed by atoms with Crippen molar-refractivity contribution in [3.05, 3.63) is 34.4 Å². The van der Waals surface area contributed by atoms with E-state index in [1.54, 1.807) is 0 Å². The van der Waals surface area contributed by atoms with Gasteiger partial charge in [0, 0.05) is 12.1 Å². The molecule has 2 rings (SSSR count). The summed E-state index contributed by atoms with van der Waals surface area (Å²) >= 11 is 0. The standard InChI is InChI=1S/C13H15N5O3/c1-13(2,3)10-11(19)15-12(17-16-10)14-8-4-6-9(7-5-8)18(20)21/h4-7,10H,1-3H3,(H,14,15,19). The molecule has 0 bridgehead atoms. The number of carbonyl (C=O) groups excluding carboxylic acids is 1. The van der Waals surface area contributed by atoms with Crippen molar-refractivity contribution < 1.29 is 9.72 Å². The van der Waals surface area contributed by atoms with Gasteiger partial charge >= 0.3 is 0 Å². The van der Waals surface area contributed by atoms with E-state index in [1.165, 1.54) is 24.3 Å². The first kappa shape index (κ1) is 14.8. The second-order valence-corrected chi connectivity index (χ2v) is 5.68. The van der Waals surface area contributed by atoms with Crippen molar-refractivity contribution in [3.63, 3.8) is 0 Å². The van der Waals surface area contributed by atoms with E-state index in [4.69, 9.17) is 0 Å². The molecule has 8 nitrogen and oxygen atoms in total. The average molecular weight is 289 g/mol. The summed E-state index contributed by atoms with van der Waals surface area (Å²) in [4.78, 5) is 26.1. The Labute approximate surface area is 121 Å². The predicted octanol–water partition coefficient (Wildman–Crippen LogP) is 2.58. The van der Waals surface area contributed by atoms with Crippen molar-refractivity contribution in [3.8, 4) is 0 Å². The van der Waals surface area contributed by atoms with Gasteiger partial charge in [-0.2, -0.15) is 5.11 Å². The minimum atomic E-state index is -0.562. The summed E-state index contributed by atoms with van der Waals surface area (Å²) < 4.78 is 0. The minimum absolute atomic E-state index is 0.0268. The van der Waals surface area contributed by atoms with Crippen LogP contribution in [0.5, 0.6) is 0 Å².